The highest BCUT2D eigenvalue weighted by molar-refractivity contribution is 5.75. The summed E-state index contributed by atoms with van der Waals surface area (Å²) in [7, 11) is 0. The molecule has 1 aliphatic rings. The highest BCUT2D eigenvalue weighted by atomic mass is 16.5. The van der Waals surface area contributed by atoms with E-state index in [1.807, 2.05) is 12.2 Å². The lowest BCUT2D eigenvalue weighted by Gasteiger charge is -2.21. The Morgan fingerprint density at radius 1 is 0.559 bits per heavy atom. The van der Waals surface area contributed by atoms with Crippen LogP contribution in [0.5, 0.6) is 34.5 Å². The number of rotatable bonds is 4. The molecule has 0 bridgehead atoms. The van der Waals surface area contributed by atoms with Crippen LogP contribution < -0.4 is 4.74 Å². The largest absolute Gasteiger partial charge is 0.508 e. The van der Waals surface area contributed by atoms with Crippen molar-refractivity contribution in [3.8, 4) is 34.5 Å². The van der Waals surface area contributed by atoms with E-state index in [9.17, 15) is 25.5 Å². The third-order valence-corrected chi connectivity index (χ3v) is 5.88. The molecule has 1 heterocycles. The molecule has 6 nitrogen and oxygen atoms in total. The second-order valence-corrected chi connectivity index (χ2v) is 8.26. The maximum atomic E-state index is 10.4. The maximum Gasteiger partial charge on any atom is 0.135 e. The Morgan fingerprint density at radius 2 is 1.15 bits per heavy atom. The number of hydrogen-bond donors (Lipinski definition) is 5. The van der Waals surface area contributed by atoms with Gasteiger partial charge in [0.25, 0.3) is 0 Å². The normalized spacial score (nSPS) is 16.9. The molecule has 0 unspecified atom stereocenters. The lowest BCUT2D eigenvalue weighted by molar-refractivity contribution is 0.221. The average Bonchev–Trinajstić information content (AvgIpc) is 3.17. The van der Waals surface area contributed by atoms with Gasteiger partial charge in [0.15, 0.2) is 0 Å². The number of fused-ring (bicyclic) bond motifs is 1. The third-order valence-electron chi connectivity index (χ3n) is 5.88. The minimum Gasteiger partial charge on any atom is -0.508 e. The summed E-state index contributed by atoms with van der Waals surface area (Å²) in [4.78, 5) is 0. The number of phenols is 5. The summed E-state index contributed by atoms with van der Waals surface area (Å²) in [6.07, 6.45) is 3.18. The van der Waals surface area contributed by atoms with Crippen molar-refractivity contribution in [1.29, 1.82) is 0 Å². The molecule has 0 saturated heterocycles. The van der Waals surface area contributed by atoms with E-state index < -0.39 is 12.0 Å². The average molecular weight is 454 g/mol. The molecule has 1 aliphatic heterocycles. The van der Waals surface area contributed by atoms with E-state index in [2.05, 4.69) is 0 Å². The first-order chi connectivity index (χ1) is 16.4. The second kappa shape index (κ2) is 8.41. The van der Waals surface area contributed by atoms with Crippen LogP contribution >= 0.6 is 0 Å². The fourth-order valence-electron chi connectivity index (χ4n) is 4.39. The number of benzene rings is 4. The topological polar surface area (TPSA) is 110 Å². The summed E-state index contributed by atoms with van der Waals surface area (Å²) in [5, 5.41) is 50.0. The van der Waals surface area contributed by atoms with Gasteiger partial charge in [-0.3, -0.25) is 0 Å². The monoisotopic (exact) mass is 454 g/mol. The van der Waals surface area contributed by atoms with Crippen LogP contribution in [-0.2, 0) is 0 Å². The van der Waals surface area contributed by atoms with Crippen molar-refractivity contribution in [2.24, 2.45) is 0 Å². The van der Waals surface area contributed by atoms with Crippen molar-refractivity contribution in [3.05, 3.63) is 107 Å². The van der Waals surface area contributed by atoms with Crippen LogP contribution in [0.4, 0.5) is 0 Å². The molecule has 170 valence electrons. The lowest BCUT2D eigenvalue weighted by Crippen LogP contribution is -2.11. The predicted molar refractivity (Wildman–Crippen MR) is 128 cm³/mol. The maximum absolute atomic E-state index is 10.4. The first-order valence-corrected chi connectivity index (χ1v) is 10.7. The SMILES string of the molecule is Oc1ccc(C=Cc2cc(O)cc3c2[C@H](c2cc(O)cc(O)c2)[C@H](c2ccc(O)cc2)O3)cc1. The van der Waals surface area contributed by atoms with Gasteiger partial charge < -0.3 is 30.3 Å². The minimum absolute atomic E-state index is 0.0352. The van der Waals surface area contributed by atoms with Gasteiger partial charge in [-0.1, -0.05) is 36.4 Å². The van der Waals surface area contributed by atoms with E-state index in [1.54, 1.807) is 72.8 Å². The molecule has 0 saturated carbocycles. The van der Waals surface area contributed by atoms with Gasteiger partial charge in [0.05, 0.1) is 5.92 Å². The molecule has 5 rings (SSSR count). The predicted octanol–water partition coefficient (Wildman–Crippen LogP) is 5.65. The molecular formula is C28H22O6. The fraction of sp³-hybridized carbons (Fsp3) is 0.0714. The van der Waals surface area contributed by atoms with Gasteiger partial charge in [-0.2, -0.15) is 0 Å². The molecule has 0 aromatic heterocycles. The Hall–Kier alpha value is -4.58. The van der Waals surface area contributed by atoms with Crippen LogP contribution in [0.2, 0.25) is 0 Å². The molecule has 4 aromatic carbocycles. The van der Waals surface area contributed by atoms with Gasteiger partial charge >= 0.3 is 0 Å². The highest BCUT2D eigenvalue weighted by Gasteiger charge is 2.39. The molecule has 2 atom stereocenters. The molecule has 0 aliphatic carbocycles. The molecule has 0 radical (unpaired) electrons. The van der Waals surface area contributed by atoms with Crippen molar-refractivity contribution in [2.45, 2.75) is 12.0 Å². The van der Waals surface area contributed by atoms with E-state index in [-0.39, 0.29) is 28.7 Å². The van der Waals surface area contributed by atoms with E-state index in [1.165, 1.54) is 6.07 Å². The van der Waals surface area contributed by atoms with E-state index >= 15 is 0 Å². The van der Waals surface area contributed by atoms with Crippen molar-refractivity contribution < 1.29 is 30.3 Å². The Morgan fingerprint density at radius 3 is 1.79 bits per heavy atom. The number of ether oxygens (including phenoxy) is 1. The summed E-state index contributed by atoms with van der Waals surface area (Å²) in [5.74, 6) is 0.243. The third kappa shape index (κ3) is 4.09. The molecule has 0 spiro atoms. The van der Waals surface area contributed by atoms with Crippen molar-refractivity contribution in [3.63, 3.8) is 0 Å². The second-order valence-electron chi connectivity index (χ2n) is 8.26. The number of hydrogen-bond acceptors (Lipinski definition) is 6. The Bertz CT molecular complexity index is 1350. The van der Waals surface area contributed by atoms with Gasteiger partial charge in [0.1, 0.15) is 40.6 Å². The Balaban J connectivity index is 1.67. The quantitative estimate of drug-likeness (QED) is 0.255. The van der Waals surface area contributed by atoms with Gasteiger partial charge in [-0.15, -0.1) is 0 Å². The summed E-state index contributed by atoms with van der Waals surface area (Å²) in [5.41, 5.74) is 3.78. The van der Waals surface area contributed by atoms with Gasteiger partial charge in [0.2, 0.25) is 0 Å². The highest BCUT2D eigenvalue weighted by Crippen LogP contribution is 2.53. The summed E-state index contributed by atoms with van der Waals surface area (Å²) in [6.45, 7) is 0. The molecule has 0 amide bonds. The molecule has 5 N–H and O–H groups in total. The molecule has 4 aromatic rings. The van der Waals surface area contributed by atoms with Gasteiger partial charge in [0, 0.05) is 17.7 Å². The van der Waals surface area contributed by atoms with Crippen molar-refractivity contribution in [1.82, 2.24) is 0 Å². The van der Waals surface area contributed by atoms with Crippen LogP contribution in [0, 0.1) is 0 Å². The van der Waals surface area contributed by atoms with E-state index in [0.717, 1.165) is 16.7 Å². The molecule has 0 fully saturated rings. The lowest BCUT2D eigenvalue weighted by atomic mass is 9.82. The Labute approximate surface area is 195 Å². The summed E-state index contributed by atoms with van der Waals surface area (Å²) >= 11 is 0. The first-order valence-electron chi connectivity index (χ1n) is 10.7. The van der Waals surface area contributed by atoms with Crippen LogP contribution in [-0.4, -0.2) is 25.5 Å². The zero-order valence-corrected chi connectivity index (χ0v) is 18.0. The zero-order valence-electron chi connectivity index (χ0n) is 18.0. The van der Waals surface area contributed by atoms with Crippen LogP contribution in [0.3, 0.4) is 0 Å². The zero-order chi connectivity index (χ0) is 23.8. The van der Waals surface area contributed by atoms with Crippen LogP contribution in [0.1, 0.15) is 39.8 Å². The van der Waals surface area contributed by atoms with Crippen molar-refractivity contribution in [2.75, 3.05) is 0 Å². The fourth-order valence-corrected chi connectivity index (χ4v) is 4.39. The smallest absolute Gasteiger partial charge is 0.135 e. The minimum atomic E-state index is -0.528. The molecule has 34 heavy (non-hydrogen) atoms. The molecular weight excluding hydrogens is 432 g/mol. The standard InChI is InChI=1S/C28H22O6/c29-20-7-2-16(3-8-20)1-4-18-11-24(33)15-25-26(18)27(19-12-22(31)14-23(32)13-19)28(34-25)17-5-9-21(30)10-6-17/h1-15,27-33H/t27-,28-/m0/s1. The number of phenolic OH excluding ortho intramolecular Hbond substituents is 5. The van der Waals surface area contributed by atoms with E-state index in [0.29, 0.717) is 16.9 Å². The van der Waals surface area contributed by atoms with Gasteiger partial charge in [-0.25, -0.2) is 0 Å². The number of aromatic hydroxyl groups is 5. The van der Waals surface area contributed by atoms with Crippen LogP contribution in [0.25, 0.3) is 12.2 Å². The summed E-state index contributed by atoms with van der Waals surface area (Å²) in [6, 6.07) is 21.0. The van der Waals surface area contributed by atoms with Gasteiger partial charge in [-0.05, 0) is 64.7 Å². The first kappa shape index (κ1) is 21.3. The molecule has 6 heteroatoms. The van der Waals surface area contributed by atoms with E-state index in [4.69, 9.17) is 4.74 Å². The summed E-state index contributed by atoms with van der Waals surface area (Å²) < 4.78 is 6.30. The Kier molecular flexibility index (Phi) is 5.26. The van der Waals surface area contributed by atoms with Crippen LogP contribution in [0.15, 0.2) is 78.9 Å². The van der Waals surface area contributed by atoms with Crippen molar-refractivity contribution >= 4 is 12.2 Å².